The molecule has 0 aromatic rings. The molecule has 0 unspecified atom stereocenters. The molecule has 0 aromatic carbocycles. The van der Waals surface area contributed by atoms with Crippen molar-refractivity contribution >= 4 is 11.8 Å². The Hall–Kier alpha value is -1.57. The summed E-state index contributed by atoms with van der Waals surface area (Å²) in [6, 6.07) is 0. The number of ether oxygens (including phenoxy) is 2. The summed E-state index contributed by atoms with van der Waals surface area (Å²) in [5, 5.41) is 21.7. The minimum Gasteiger partial charge on any atom is -0.479 e. The fourth-order valence-corrected chi connectivity index (χ4v) is 8.07. The Morgan fingerprint density at radius 1 is 1.19 bits per heavy atom. The summed E-state index contributed by atoms with van der Waals surface area (Å²) in [6.07, 6.45) is 3.14. The van der Waals surface area contributed by atoms with Gasteiger partial charge in [0.15, 0.2) is 22.8 Å². The maximum absolute atomic E-state index is 17.2. The molecule has 0 radical (unpaired) electrons. The number of carboxylic acid groups (broad SMARTS) is 1. The van der Waals surface area contributed by atoms with E-state index in [1.807, 2.05) is 13.8 Å². The van der Waals surface area contributed by atoms with Crippen LogP contribution in [0.2, 0.25) is 0 Å². The summed E-state index contributed by atoms with van der Waals surface area (Å²) >= 11 is 0. The van der Waals surface area contributed by atoms with E-state index in [0.29, 0.717) is 18.4 Å². The third-order valence-electron chi connectivity index (χ3n) is 9.28. The van der Waals surface area contributed by atoms with Crippen LogP contribution in [0, 0.1) is 28.6 Å². The van der Waals surface area contributed by atoms with Gasteiger partial charge in [0.2, 0.25) is 0 Å². The van der Waals surface area contributed by atoms with Crippen molar-refractivity contribution in [3.8, 4) is 0 Å². The average Bonchev–Trinajstić information content (AvgIpc) is 3.06. The van der Waals surface area contributed by atoms with Crippen LogP contribution in [0.25, 0.3) is 0 Å². The van der Waals surface area contributed by atoms with Crippen LogP contribution in [0.4, 0.5) is 4.39 Å². The highest BCUT2D eigenvalue weighted by atomic mass is 19.1. The van der Waals surface area contributed by atoms with Gasteiger partial charge in [-0.15, -0.1) is 0 Å². The Bertz CT molecular complexity index is 940. The maximum atomic E-state index is 17.2. The second-order valence-corrected chi connectivity index (χ2v) is 11.2. The Kier molecular flexibility index (Phi) is 4.02. The molecule has 31 heavy (non-hydrogen) atoms. The van der Waals surface area contributed by atoms with Gasteiger partial charge in [-0.2, -0.15) is 0 Å². The fourth-order valence-electron chi connectivity index (χ4n) is 8.07. The van der Waals surface area contributed by atoms with E-state index in [0.717, 1.165) is 0 Å². The molecule has 0 aromatic heterocycles. The molecule has 9 atom stereocenters. The molecule has 0 amide bonds. The molecule has 4 fully saturated rings. The molecule has 6 nitrogen and oxygen atoms in total. The molecular formula is C24H31FO6. The topological polar surface area (TPSA) is 93.1 Å². The Morgan fingerprint density at radius 3 is 2.52 bits per heavy atom. The maximum Gasteiger partial charge on any atom is 0.339 e. The zero-order valence-corrected chi connectivity index (χ0v) is 18.6. The number of fused-ring (bicyclic) bond motifs is 7. The van der Waals surface area contributed by atoms with Gasteiger partial charge in [-0.1, -0.05) is 25.5 Å². The van der Waals surface area contributed by atoms with E-state index in [2.05, 4.69) is 0 Å². The van der Waals surface area contributed by atoms with E-state index in [9.17, 15) is 19.8 Å². The largest absolute Gasteiger partial charge is 0.479 e. The number of carboxylic acids is 1. The number of carbonyl (C=O) groups excluding carboxylic acids is 1. The van der Waals surface area contributed by atoms with Gasteiger partial charge in [0.25, 0.3) is 0 Å². The van der Waals surface area contributed by atoms with E-state index in [4.69, 9.17) is 9.47 Å². The molecule has 1 aliphatic heterocycles. The van der Waals surface area contributed by atoms with Gasteiger partial charge in [0.1, 0.15) is 6.10 Å². The van der Waals surface area contributed by atoms with Crippen molar-refractivity contribution in [2.24, 2.45) is 28.6 Å². The van der Waals surface area contributed by atoms with E-state index in [1.54, 1.807) is 26.8 Å². The number of rotatable bonds is 1. The molecule has 2 N–H and O–H groups in total. The normalized spacial score (nSPS) is 54.5. The molecule has 4 aliphatic carbocycles. The standard InChI is InChI=1S/C24H31FO6/c1-12-8-16-15-10-18-24(19(28)29,31-20(2,3)30-18)22(15,5)11-17(27)23(16,25)21(4)7-6-13(26)9-14(12)21/h6-7,9,12,15-18,27H,8,10-11H2,1-5H3,(H,28,29)/t12-,15-,16-,17-,18+,21-,22-,23-,24-/m0/s1. The zero-order chi connectivity index (χ0) is 22.8. The van der Waals surface area contributed by atoms with Crippen molar-refractivity contribution in [2.45, 2.75) is 83.1 Å². The number of aliphatic hydroxyl groups is 1. The summed E-state index contributed by atoms with van der Waals surface area (Å²) in [6.45, 7) is 8.94. The first-order valence-electron chi connectivity index (χ1n) is 11.2. The molecule has 0 spiro atoms. The molecular weight excluding hydrogens is 403 g/mol. The number of aliphatic carboxylic acids is 1. The number of carbonyl (C=O) groups is 2. The van der Waals surface area contributed by atoms with Gasteiger partial charge < -0.3 is 19.7 Å². The number of allylic oxidation sites excluding steroid dienone is 4. The third kappa shape index (κ3) is 2.23. The molecule has 1 heterocycles. The third-order valence-corrected chi connectivity index (χ3v) is 9.28. The van der Waals surface area contributed by atoms with Crippen LogP contribution in [0.15, 0.2) is 23.8 Å². The SMILES string of the molecule is C[C@H]1C[C@H]2[C@@H]3C[C@H]4OC(C)(C)O[C@@]4(C(=O)O)[C@@]3(C)C[C@H](O)[C@]2(F)[C@@]2(C)C=CC(=O)C=C12. The number of halogens is 1. The predicted octanol–water partition coefficient (Wildman–Crippen LogP) is 3.19. The average molecular weight is 435 g/mol. The van der Waals surface area contributed by atoms with Crippen LogP contribution in [-0.2, 0) is 19.1 Å². The van der Waals surface area contributed by atoms with Crippen molar-refractivity contribution in [3.05, 3.63) is 23.8 Å². The van der Waals surface area contributed by atoms with Crippen LogP contribution in [-0.4, -0.2) is 51.2 Å². The van der Waals surface area contributed by atoms with Crippen LogP contribution < -0.4 is 0 Å². The quantitative estimate of drug-likeness (QED) is 0.659. The van der Waals surface area contributed by atoms with E-state index >= 15 is 4.39 Å². The number of hydrogen-bond donors (Lipinski definition) is 2. The summed E-state index contributed by atoms with van der Waals surface area (Å²) in [5.74, 6) is -3.35. The lowest BCUT2D eigenvalue weighted by Crippen LogP contribution is -2.70. The molecule has 3 saturated carbocycles. The van der Waals surface area contributed by atoms with E-state index in [-0.39, 0.29) is 24.0 Å². The van der Waals surface area contributed by atoms with Crippen molar-refractivity contribution < 1.29 is 33.7 Å². The van der Waals surface area contributed by atoms with Crippen LogP contribution in [0.5, 0.6) is 0 Å². The summed E-state index contributed by atoms with van der Waals surface area (Å²) in [4.78, 5) is 24.7. The van der Waals surface area contributed by atoms with E-state index in [1.165, 1.54) is 12.2 Å². The highest BCUT2D eigenvalue weighted by molar-refractivity contribution is 6.01. The molecule has 170 valence electrons. The van der Waals surface area contributed by atoms with Gasteiger partial charge in [0.05, 0.1) is 6.10 Å². The minimum atomic E-state index is -2.01. The van der Waals surface area contributed by atoms with Crippen LogP contribution in [0.1, 0.15) is 53.9 Å². The zero-order valence-electron chi connectivity index (χ0n) is 18.6. The van der Waals surface area contributed by atoms with Gasteiger partial charge in [0, 0.05) is 16.7 Å². The number of ketones is 1. The minimum absolute atomic E-state index is 0.0497. The highest BCUT2D eigenvalue weighted by Gasteiger charge is 2.81. The Labute approximate surface area is 181 Å². The summed E-state index contributed by atoms with van der Waals surface area (Å²) in [7, 11) is 0. The van der Waals surface area contributed by atoms with Crippen molar-refractivity contribution in [3.63, 3.8) is 0 Å². The molecule has 0 bridgehead atoms. The first kappa shape index (κ1) is 21.3. The Morgan fingerprint density at radius 2 is 1.87 bits per heavy atom. The first-order chi connectivity index (χ1) is 14.2. The highest BCUT2D eigenvalue weighted by Crippen LogP contribution is 2.72. The van der Waals surface area contributed by atoms with Gasteiger partial charge in [-0.25, -0.2) is 9.18 Å². The number of hydrogen-bond acceptors (Lipinski definition) is 5. The molecule has 5 aliphatic rings. The first-order valence-corrected chi connectivity index (χ1v) is 11.2. The smallest absolute Gasteiger partial charge is 0.339 e. The lowest BCUT2D eigenvalue weighted by molar-refractivity contribution is -0.253. The molecule has 7 heteroatoms. The van der Waals surface area contributed by atoms with Crippen molar-refractivity contribution in [1.82, 2.24) is 0 Å². The van der Waals surface area contributed by atoms with Gasteiger partial charge in [-0.3, -0.25) is 4.79 Å². The number of aliphatic hydroxyl groups excluding tert-OH is 1. The van der Waals surface area contributed by atoms with Gasteiger partial charge >= 0.3 is 5.97 Å². The summed E-state index contributed by atoms with van der Waals surface area (Å²) in [5.41, 5.74) is -5.06. The van der Waals surface area contributed by atoms with E-state index < -0.39 is 52.0 Å². The number of alkyl halides is 1. The second-order valence-electron chi connectivity index (χ2n) is 11.2. The monoisotopic (exact) mass is 434 g/mol. The molecule has 1 saturated heterocycles. The van der Waals surface area contributed by atoms with Crippen LogP contribution in [0.3, 0.4) is 0 Å². The van der Waals surface area contributed by atoms with Crippen molar-refractivity contribution in [1.29, 1.82) is 0 Å². The predicted molar refractivity (Wildman–Crippen MR) is 109 cm³/mol. The van der Waals surface area contributed by atoms with Crippen LogP contribution >= 0.6 is 0 Å². The Balaban J connectivity index is 1.66. The summed E-state index contributed by atoms with van der Waals surface area (Å²) < 4.78 is 29.4. The lowest BCUT2D eigenvalue weighted by Gasteiger charge is -2.63. The second kappa shape index (κ2) is 5.86. The fraction of sp³-hybridized carbons (Fsp3) is 0.750. The van der Waals surface area contributed by atoms with Gasteiger partial charge in [-0.05, 0) is 64.0 Å². The lowest BCUT2D eigenvalue weighted by atomic mass is 9.43. The molecule has 5 rings (SSSR count). The van der Waals surface area contributed by atoms with Crippen molar-refractivity contribution in [2.75, 3.05) is 0 Å².